The minimum absolute atomic E-state index is 0.156. The van der Waals surface area contributed by atoms with Crippen LogP contribution >= 0.6 is 12.2 Å². The average Bonchev–Trinajstić information content (AvgIpc) is 3.41. The third-order valence-corrected chi connectivity index (χ3v) is 8.04. The molecule has 1 aliphatic heterocycles. The van der Waals surface area contributed by atoms with E-state index in [0.29, 0.717) is 32.8 Å². The van der Waals surface area contributed by atoms with Crippen LogP contribution in [0.2, 0.25) is 0 Å². The summed E-state index contributed by atoms with van der Waals surface area (Å²) in [6, 6.07) is 27.3. The zero-order chi connectivity index (χ0) is 30.6. The van der Waals surface area contributed by atoms with Crippen LogP contribution in [0.5, 0.6) is 5.75 Å². The summed E-state index contributed by atoms with van der Waals surface area (Å²) in [5.74, 6) is -0.579. The van der Waals surface area contributed by atoms with Crippen LogP contribution in [0, 0.1) is 11.8 Å². The fraction of sp³-hybridized carbons (Fsp3) is 0.371. The van der Waals surface area contributed by atoms with Gasteiger partial charge in [-0.1, -0.05) is 98.8 Å². The van der Waals surface area contributed by atoms with Crippen molar-refractivity contribution in [2.45, 2.75) is 51.7 Å². The lowest BCUT2D eigenvalue weighted by Gasteiger charge is -2.32. The predicted octanol–water partition coefficient (Wildman–Crippen LogP) is 5.74. The molecule has 1 heterocycles. The lowest BCUT2D eigenvalue weighted by atomic mass is 9.87. The van der Waals surface area contributed by atoms with E-state index >= 15 is 0 Å². The van der Waals surface area contributed by atoms with E-state index < -0.39 is 24.0 Å². The number of benzene rings is 3. The van der Waals surface area contributed by atoms with Gasteiger partial charge in [0.25, 0.3) is 5.17 Å². The standard InChI is InChI=1S/C35H41NO6S/c1-25(33(37)26(2)34(38)36-30(24-42-35(36)43)21-27-11-6-4-7-12-27)32(41-23-28-13-8-5-9-14-28)15-10-20-40-22-29-16-18-31(39-3)19-17-29/h4-19,25-26,30,32-33,37H,20-24H2,1-3H3/b15-10+/t25-,26+,30+,32+,33-/m1/s1. The third-order valence-electron chi connectivity index (χ3n) is 7.72. The molecule has 4 rings (SSSR count). The lowest BCUT2D eigenvalue weighted by Crippen LogP contribution is -2.48. The second-order valence-electron chi connectivity index (χ2n) is 10.8. The number of carbonyl (C=O) groups excluding carboxylic acids is 1. The van der Waals surface area contributed by atoms with E-state index in [1.807, 2.05) is 104 Å². The predicted molar refractivity (Wildman–Crippen MR) is 170 cm³/mol. The summed E-state index contributed by atoms with van der Waals surface area (Å²) in [4.78, 5) is 15.2. The first-order valence-electron chi connectivity index (χ1n) is 14.6. The van der Waals surface area contributed by atoms with E-state index in [-0.39, 0.29) is 17.1 Å². The van der Waals surface area contributed by atoms with Crippen LogP contribution in [0.1, 0.15) is 30.5 Å². The number of ether oxygens (including phenoxy) is 4. The van der Waals surface area contributed by atoms with Gasteiger partial charge < -0.3 is 24.1 Å². The summed E-state index contributed by atoms with van der Waals surface area (Å²) in [5, 5.41) is 11.6. The molecule has 3 aromatic carbocycles. The van der Waals surface area contributed by atoms with Gasteiger partial charge >= 0.3 is 0 Å². The molecule has 0 saturated carbocycles. The highest BCUT2D eigenvalue weighted by atomic mass is 32.1. The van der Waals surface area contributed by atoms with Crippen molar-refractivity contribution in [3.63, 3.8) is 0 Å². The number of methoxy groups -OCH3 is 1. The minimum Gasteiger partial charge on any atom is -0.497 e. The number of carbonyl (C=O) groups is 1. The SMILES string of the molecule is COc1ccc(COC/C=C/[C@H](OCc2ccccc2)[C@@H](C)[C@@H](O)[C@H](C)C(=O)N2C(=S)OC[C@@H]2Cc2ccccc2)cc1. The molecule has 1 aliphatic rings. The Morgan fingerprint density at radius 2 is 1.60 bits per heavy atom. The number of aliphatic hydroxyl groups is 1. The lowest BCUT2D eigenvalue weighted by molar-refractivity contribution is -0.138. The van der Waals surface area contributed by atoms with Crippen LogP contribution < -0.4 is 4.74 Å². The van der Waals surface area contributed by atoms with Gasteiger partial charge in [-0.2, -0.15) is 0 Å². The van der Waals surface area contributed by atoms with Gasteiger partial charge in [0.15, 0.2) is 0 Å². The molecule has 0 aliphatic carbocycles. The zero-order valence-electron chi connectivity index (χ0n) is 25.0. The van der Waals surface area contributed by atoms with Gasteiger partial charge in [-0.3, -0.25) is 9.69 Å². The van der Waals surface area contributed by atoms with E-state index in [1.165, 1.54) is 4.90 Å². The molecule has 0 bridgehead atoms. The molecule has 5 atom stereocenters. The van der Waals surface area contributed by atoms with Crippen molar-refractivity contribution >= 4 is 23.3 Å². The van der Waals surface area contributed by atoms with Gasteiger partial charge in [0.1, 0.15) is 12.4 Å². The van der Waals surface area contributed by atoms with E-state index in [0.717, 1.165) is 22.4 Å². The highest BCUT2D eigenvalue weighted by Crippen LogP contribution is 2.26. The molecule has 43 heavy (non-hydrogen) atoms. The third kappa shape index (κ3) is 9.21. The first kappa shape index (κ1) is 32.4. The first-order valence-corrected chi connectivity index (χ1v) is 15.0. The van der Waals surface area contributed by atoms with Crippen molar-refractivity contribution in [1.82, 2.24) is 4.90 Å². The summed E-state index contributed by atoms with van der Waals surface area (Å²) in [6.45, 7) is 5.16. The van der Waals surface area contributed by atoms with Gasteiger partial charge in [-0.25, -0.2) is 0 Å². The van der Waals surface area contributed by atoms with Gasteiger partial charge in [-0.05, 0) is 47.5 Å². The molecule has 1 saturated heterocycles. The Labute approximate surface area is 260 Å². The van der Waals surface area contributed by atoms with Crippen molar-refractivity contribution in [3.8, 4) is 5.75 Å². The van der Waals surface area contributed by atoms with E-state index in [4.69, 9.17) is 31.2 Å². The topological polar surface area (TPSA) is 77.5 Å². The van der Waals surface area contributed by atoms with Crippen molar-refractivity contribution in [3.05, 3.63) is 114 Å². The Balaban J connectivity index is 1.39. The fourth-order valence-corrected chi connectivity index (χ4v) is 5.39. The smallest absolute Gasteiger partial charge is 0.266 e. The molecule has 3 aromatic rings. The Kier molecular flexibility index (Phi) is 12.3. The molecule has 1 fully saturated rings. The fourth-order valence-electron chi connectivity index (χ4n) is 5.09. The Morgan fingerprint density at radius 1 is 0.977 bits per heavy atom. The second-order valence-corrected chi connectivity index (χ2v) is 11.2. The molecule has 0 aromatic heterocycles. The summed E-state index contributed by atoms with van der Waals surface area (Å²) in [5.41, 5.74) is 3.15. The quantitative estimate of drug-likeness (QED) is 0.135. The highest BCUT2D eigenvalue weighted by Gasteiger charge is 2.41. The zero-order valence-corrected chi connectivity index (χ0v) is 25.8. The van der Waals surface area contributed by atoms with Crippen LogP contribution in [0.15, 0.2) is 97.1 Å². The first-order chi connectivity index (χ1) is 20.9. The van der Waals surface area contributed by atoms with Gasteiger partial charge in [0.2, 0.25) is 5.91 Å². The maximum absolute atomic E-state index is 13.7. The molecule has 7 nitrogen and oxygen atoms in total. The molecule has 1 amide bonds. The number of rotatable bonds is 15. The Hall–Kier alpha value is -3.56. The normalized spacial score (nSPS) is 17.8. The monoisotopic (exact) mass is 603 g/mol. The number of nitrogens with zero attached hydrogens (tertiary/aromatic N) is 1. The molecule has 0 spiro atoms. The van der Waals surface area contributed by atoms with E-state index in [9.17, 15) is 9.90 Å². The molecule has 8 heteroatoms. The average molecular weight is 604 g/mol. The molecule has 1 N–H and O–H groups in total. The van der Waals surface area contributed by atoms with Crippen LogP contribution in [-0.4, -0.2) is 59.7 Å². The van der Waals surface area contributed by atoms with Crippen LogP contribution in [0.25, 0.3) is 0 Å². The molecule has 0 radical (unpaired) electrons. The van der Waals surface area contributed by atoms with Crippen molar-refractivity contribution in [1.29, 1.82) is 0 Å². The van der Waals surface area contributed by atoms with Crippen molar-refractivity contribution < 1.29 is 28.8 Å². The molecular weight excluding hydrogens is 562 g/mol. The maximum Gasteiger partial charge on any atom is 0.266 e. The number of thiocarbonyl (C=S) groups is 1. The highest BCUT2D eigenvalue weighted by molar-refractivity contribution is 7.80. The Morgan fingerprint density at radius 3 is 2.26 bits per heavy atom. The number of aliphatic hydroxyl groups excluding tert-OH is 1. The Bertz CT molecular complexity index is 1320. The minimum atomic E-state index is -0.987. The largest absolute Gasteiger partial charge is 0.497 e. The number of amides is 1. The maximum atomic E-state index is 13.7. The molecule has 0 unspecified atom stereocenters. The van der Waals surface area contributed by atoms with Gasteiger partial charge in [0, 0.05) is 5.92 Å². The van der Waals surface area contributed by atoms with Crippen LogP contribution in [0.4, 0.5) is 0 Å². The number of hydrogen-bond acceptors (Lipinski definition) is 7. The molecule has 228 valence electrons. The summed E-state index contributed by atoms with van der Waals surface area (Å²) in [6.07, 6.45) is 2.97. The van der Waals surface area contributed by atoms with Crippen molar-refractivity contribution in [2.24, 2.45) is 11.8 Å². The van der Waals surface area contributed by atoms with Crippen LogP contribution in [-0.2, 0) is 38.6 Å². The van der Waals surface area contributed by atoms with E-state index in [2.05, 4.69) is 0 Å². The van der Waals surface area contributed by atoms with Crippen LogP contribution in [0.3, 0.4) is 0 Å². The van der Waals surface area contributed by atoms with E-state index in [1.54, 1.807) is 14.0 Å². The molecular formula is C35H41NO6S. The van der Waals surface area contributed by atoms with Gasteiger partial charge in [-0.15, -0.1) is 0 Å². The summed E-state index contributed by atoms with van der Waals surface area (Å²) in [7, 11) is 1.64. The summed E-state index contributed by atoms with van der Waals surface area (Å²) < 4.78 is 22.9. The summed E-state index contributed by atoms with van der Waals surface area (Å²) >= 11 is 5.40. The van der Waals surface area contributed by atoms with Crippen molar-refractivity contribution in [2.75, 3.05) is 20.3 Å². The number of hydrogen-bond donors (Lipinski definition) is 1. The van der Waals surface area contributed by atoms with Gasteiger partial charge in [0.05, 0.1) is 51.1 Å². The second kappa shape index (κ2) is 16.3.